The molecule has 0 aliphatic rings. The number of rotatable bonds is 7. The summed E-state index contributed by atoms with van der Waals surface area (Å²) in [5, 5.41) is 21.5. The highest BCUT2D eigenvalue weighted by atomic mass is 32.2. The molecular weight excluding hydrogens is 384 g/mol. The van der Waals surface area contributed by atoms with E-state index in [9.17, 15) is 18.5 Å². The predicted octanol–water partition coefficient (Wildman–Crippen LogP) is 2.13. The van der Waals surface area contributed by atoms with Crippen LogP contribution in [0.2, 0.25) is 0 Å². The van der Waals surface area contributed by atoms with Gasteiger partial charge in [-0.3, -0.25) is 15.2 Å². The lowest BCUT2D eigenvalue weighted by Gasteiger charge is -2.18. The molecule has 10 nitrogen and oxygen atoms in total. The van der Waals surface area contributed by atoms with Crippen LogP contribution in [-0.2, 0) is 10.0 Å². The first-order valence-corrected chi connectivity index (χ1v) is 9.72. The number of nitrogens with zero attached hydrogens (tertiary/aromatic N) is 3. The zero-order valence-electron chi connectivity index (χ0n) is 15.1. The number of sulfonamides is 1. The molecule has 0 bridgehead atoms. The van der Waals surface area contributed by atoms with Crippen molar-refractivity contribution in [3.8, 4) is 0 Å². The van der Waals surface area contributed by atoms with E-state index in [1.165, 1.54) is 19.2 Å². The van der Waals surface area contributed by atoms with Crippen LogP contribution in [0.1, 0.15) is 23.3 Å². The standard InChI is InChI=1S/C17H18N6O4S/c1-11-19-17(22-21-11)16(12-6-4-3-5-7-12)20-14-9-8-13(28(26,27)18-2)10-15(14)23(24)25/h3-10,16,18,20H,1-2H3,(H,19,21,22). The van der Waals surface area contributed by atoms with Crippen molar-refractivity contribution in [1.29, 1.82) is 0 Å². The summed E-state index contributed by atoms with van der Waals surface area (Å²) in [6, 6.07) is 12.3. The van der Waals surface area contributed by atoms with Crippen LogP contribution in [-0.4, -0.2) is 35.6 Å². The van der Waals surface area contributed by atoms with E-state index in [0.717, 1.165) is 11.6 Å². The minimum Gasteiger partial charge on any atom is -0.366 e. The average Bonchev–Trinajstić information content (AvgIpc) is 3.12. The van der Waals surface area contributed by atoms with E-state index in [1.807, 2.05) is 30.3 Å². The van der Waals surface area contributed by atoms with Gasteiger partial charge in [-0.2, -0.15) is 5.10 Å². The monoisotopic (exact) mass is 402 g/mol. The maximum absolute atomic E-state index is 12.0. The maximum Gasteiger partial charge on any atom is 0.293 e. The number of benzene rings is 2. The van der Waals surface area contributed by atoms with Crippen molar-refractivity contribution in [2.24, 2.45) is 0 Å². The lowest BCUT2D eigenvalue weighted by atomic mass is 10.1. The average molecular weight is 402 g/mol. The lowest BCUT2D eigenvalue weighted by molar-refractivity contribution is -0.384. The highest BCUT2D eigenvalue weighted by Gasteiger charge is 2.25. The quantitative estimate of drug-likeness (QED) is 0.406. The van der Waals surface area contributed by atoms with Crippen LogP contribution in [0.5, 0.6) is 0 Å². The molecule has 2 aromatic carbocycles. The first-order chi connectivity index (χ1) is 13.3. The van der Waals surface area contributed by atoms with Crippen molar-refractivity contribution >= 4 is 21.4 Å². The van der Waals surface area contributed by atoms with Gasteiger partial charge in [-0.1, -0.05) is 30.3 Å². The minimum absolute atomic E-state index is 0.149. The van der Waals surface area contributed by atoms with Gasteiger partial charge < -0.3 is 5.32 Å². The molecule has 0 aliphatic carbocycles. The second-order valence-corrected chi connectivity index (χ2v) is 7.80. The smallest absolute Gasteiger partial charge is 0.293 e. The zero-order chi connectivity index (χ0) is 20.3. The third-order valence-corrected chi connectivity index (χ3v) is 5.46. The number of aromatic nitrogens is 3. The van der Waals surface area contributed by atoms with Crippen LogP contribution in [0.15, 0.2) is 53.4 Å². The van der Waals surface area contributed by atoms with Crippen LogP contribution >= 0.6 is 0 Å². The van der Waals surface area contributed by atoms with Crippen LogP contribution in [0.3, 0.4) is 0 Å². The van der Waals surface area contributed by atoms with Crippen molar-refractivity contribution in [2.45, 2.75) is 17.9 Å². The lowest BCUT2D eigenvalue weighted by Crippen LogP contribution is -2.19. The van der Waals surface area contributed by atoms with Gasteiger partial charge in [-0.15, -0.1) is 0 Å². The fraction of sp³-hybridized carbons (Fsp3) is 0.176. The van der Waals surface area contributed by atoms with E-state index in [2.05, 4.69) is 25.2 Å². The maximum atomic E-state index is 12.0. The Balaban J connectivity index is 2.07. The van der Waals surface area contributed by atoms with E-state index in [0.29, 0.717) is 11.6 Å². The molecule has 0 saturated heterocycles. The van der Waals surface area contributed by atoms with Gasteiger partial charge >= 0.3 is 0 Å². The van der Waals surface area contributed by atoms with E-state index < -0.39 is 21.0 Å². The van der Waals surface area contributed by atoms with Crippen LogP contribution in [0.4, 0.5) is 11.4 Å². The van der Waals surface area contributed by atoms with Crippen molar-refractivity contribution in [3.63, 3.8) is 0 Å². The number of nitro benzene ring substituents is 1. The normalized spacial score (nSPS) is 12.5. The zero-order valence-corrected chi connectivity index (χ0v) is 15.9. The molecular formula is C17H18N6O4S. The Morgan fingerprint density at radius 1 is 1.18 bits per heavy atom. The minimum atomic E-state index is -3.81. The van der Waals surface area contributed by atoms with Crippen molar-refractivity contribution in [2.75, 3.05) is 12.4 Å². The van der Waals surface area contributed by atoms with Gasteiger partial charge in [0.15, 0.2) is 5.82 Å². The fourth-order valence-electron chi connectivity index (χ4n) is 2.66. The Bertz CT molecular complexity index is 1100. The Kier molecular flexibility index (Phi) is 5.38. The van der Waals surface area contributed by atoms with E-state index in [4.69, 9.17) is 0 Å². The molecule has 0 radical (unpaired) electrons. The van der Waals surface area contributed by atoms with Gasteiger partial charge in [0, 0.05) is 6.07 Å². The fourth-order valence-corrected chi connectivity index (χ4v) is 3.41. The number of H-pyrrole nitrogens is 1. The molecule has 0 amide bonds. The first-order valence-electron chi connectivity index (χ1n) is 8.24. The Hall–Kier alpha value is -3.31. The second kappa shape index (κ2) is 7.74. The molecule has 3 aromatic rings. The van der Waals surface area contributed by atoms with Crippen molar-refractivity contribution in [3.05, 3.63) is 75.9 Å². The topological polar surface area (TPSA) is 143 Å². The largest absolute Gasteiger partial charge is 0.366 e. The number of anilines is 1. The molecule has 1 heterocycles. The molecule has 0 aliphatic heterocycles. The molecule has 1 unspecified atom stereocenters. The number of hydrogen-bond donors (Lipinski definition) is 3. The van der Waals surface area contributed by atoms with E-state index in [1.54, 1.807) is 6.92 Å². The van der Waals surface area contributed by atoms with Crippen LogP contribution < -0.4 is 10.0 Å². The van der Waals surface area contributed by atoms with E-state index in [-0.39, 0.29) is 16.3 Å². The summed E-state index contributed by atoms with van der Waals surface area (Å²) in [7, 11) is -2.57. The summed E-state index contributed by atoms with van der Waals surface area (Å²) in [6.45, 7) is 1.75. The molecule has 1 aromatic heterocycles. The number of nitro groups is 1. The first kappa shape index (κ1) is 19.5. The Labute approximate surface area is 161 Å². The van der Waals surface area contributed by atoms with Crippen LogP contribution in [0, 0.1) is 17.0 Å². The van der Waals surface area contributed by atoms with Gasteiger partial charge in [0.05, 0.1) is 9.82 Å². The van der Waals surface area contributed by atoms with Crippen molar-refractivity contribution < 1.29 is 13.3 Å². The summed E-state index contributed by atoms with van der Waals surface area (Å²) in [4.78, 5) is 15.1. The third-order valence-electron chi connectivity index (χ3n) is 4.05. The van der Waals surface area contributed by atoms with Gasteiger partial charge in [-0.05, 0) is 31.7 Å². The van der Waals surface area contributed by atoms with Crippen molar-refractivity contribution in [1.82, 2.24) is 19.9 Å². The molecule has 1 atom stereocenters. The summed E-state index contributed by atoms with van der Waals surface area (Å²) < 4.78 is 26.1. The molecule has 0 spiro atoms. The Morgan fingerprint density at radius 2 is 1.89 bits per heavy atom. The number of aryl methyl sites for hydroxylation is 1. The number of nitrogens with one attached hydrogen (secondary N) is 3. The van der Waals surface area contributed by atoms with Gasteiger partial charge in [0.25, 0.3) is 5.69 Å². The third kappa shape index (κ3) is 4.00. The second-order valence-electron chi connectivity index (χ2n) is 5.91. The van der Waals surface area contributed by atoms with Gasteiger partial charge in [0.1, 0.15) is 17.6 Å². The Morgan fingerprint density at radius 3 is 2.46 bits per heavy atom. The highest BCUT2D eigenvalue weighted by molar-refractivity contribution is 7.89. The molecule has 0 fully saturated rings. The summed E-state index contributed by atoms with van der Waals surface area (Å²) in [6.07, 6.45) is 0. The SMILES string of the molecule is CNS(=O)(=O)c1ccc(NC(c2ccccc2)c2n[nH]c(C)n2)c([N+](=O)[O-])c1. The number of hydrogen-bond acceptors (Lipinski definition) is 7. The summed E-state index contributed by atoms with van der Waals surface area (Å²) in [5.41, 5.74) is 0.573. The van der Waals surface area contributed by atoms with Gasteiger partial charge in [-0.25, -0.2) is 18.1 Å². The highest BCUT2D eigenvalue weighted by Crippen LogP contribution is 2.32. The van der Waals surface area contributed by atoms with Gasteiger partial charge in [0.2, 0.25) is 10.0 Å². The number of aromatic amines is 1. The molecule has 146 valence electrons. The summed E-state index contributed by atoms with van der Waals surface area (Å²) in [5.74, 6) is 1.01. The molecule has 3 rings (SSSR count). The molecule has 3 N–H and O–H groups in total. The van der Waals surface area contributed by atoms with Crippen LogP contribution in [0.25, 0.3) is 0 Å². The van der Waals surface area contributed by atoms with E-state index >= 15 is 0 Å². The molecule has 28 heavy (non-hydrogen) atoms. The molecule has 0 saturated carbocycles. The predicted molar refractivity (Wildman–Crippen MR) is 102 cm³/mol. The summed E-state index contributed by atoms with van der Waals surface area (Å²) >= 11 is 0. The molecule has 11 heteroatoms.